The highest BCUT2D eigenvalue weighted by molar-refractivity contribution is 5.71. The van der Waals surface area contributed by atoms with Gasteiger partial charge in [0.2, 0.25) is 0 Å². The Hall–Kier alpha value is -1.59. The van der Waals surface area contributed by atoms with E-state index in [9.17, 15) is 14.4 Å². The van der Waals surface area contributed by atoms with Crippen molar-refractivity contribution in [3.63, 3.8) is 0 Å². The molecule has 0 spiro atoms. The van der Waals surface area contributed by atoms with Crippen molar-refractivity contribution in [1.29, 1.82) is 0 Å². The molecule has 0 aromatic rings. The largest absolute Gasteiger partial charge is 0.462 e. The monoisotopic (exact) mass is 1000 g/mol. The van der Waals surface area contributed by atoms with E-state index in [0.717, 1.165) is 57.8 Å². The smallest absolute Gasteiger partial charge is 0.306 e. The molecule has 0 saturated carbocycles. The van der Waals surface area contributed by atoms with Gasteiger partial charge < -0.3 is 14.2 Å². The van der Waals surface area contributed by atoms with E-state index in [4.69, 9.17) is 14.2 Å². The van der Waals surface area contributed by atoms with Gasteiger partial charge in [-0.05, 0) is 19.3 Å². The number of hydrogen-bond donors (Lipinski definition) is 0. The van der Waals surface area contributed by atoms with Crippen LogP contribution in [0.3, 0.4) is 0 Å². The van der Waals surface area contributed by atoms with Crippen molar-refractivity contribution in [1.82, 2.24) is 0 Å². The third kappa shape index (κ3) is 59.2. The minimum atomic E-state index is -0.759. The summed E-state index contributed by atoms with van der Waals surface area (Å²) in [5.41, 5.74) is 0. The number of unbranched alkanes of at least 4 members (excludes halogenated alkanes) is 50. The molecule has 0 aliphatic rings. The maximum absolute atomic E-state index is 12.8. The van der Waals surface area contributed by atoms with Gasteiger partial charge in [0.05, 0.1) is 0 Å². The van der Waals surface area contributed by atoms with Crippen molar-refractivity contribution < 1.29 is 28.6 Å². The van der Waals surface area contributed by atoms with Gasteiger partial charge in [-0.1, -0.05) is 342 Å². The molecule has 1 atom stereocenters. The van der Waals surface area contributed by atoms with Crippen LogP contribution in [0.5, 0.6) is 0 Å². The number of ether oxygens (including phenoxy) is 3. The Bertz CT molecular complexity index is 1060. The standard InChI is InChI=1S/C65H126O6/c1-4-7-10-13-16-18-20-22-23-24-25-26-27-28-29-30-31-32-33-34-35-36-37-38-39-40-41-42-44-45-47-49-52-55-58-64(67)70-61-62(60-69-63(66)57-54-51-15-12-9-6-3)71-65(68)59-56-53-50-48-46-43-21-19-17-14-11-8-5-2/h62H,4-61H2,1-3H3. The number of hydrogen-bond acceptors (Lipinski definition) is 6. The number of esters is 3. The molecule has 6 heteroatoms. The maximum Gasteiger partial charge on any atom is 0.306 e. The first-order valence-corrected chi connectivity index (χ1v) is 32.5. The lowest BCUT2D eigenvalue weighted by atomic mass is 10.0. The SMILES string of the molecule is CCCCCCCCCCCCCCCCCCCCCCCCCCCCCCCCCCCCC(=O)OCC(COC(=O)CCCCCCCC)OC(=O)CCCCCCCCCCCCCCC. The van der Waals surface area contributed by atoms with Gasteiger partial charge in [0.25, 0.3) is 0 Å². The first-order valence-electron chi connectivity index (χ1n) is 32.5. The Labute approximate surface area is 444 Å². The first kappa shape index (κ1) is 69.4. The molecule has 0 bridgehead atoms. The van der Waals surface area contributed by atoms with Crippen molar-refractivity contribution in [3.05, 3.63) is 0 Å². The van der Waals surface area contributed by atoms with Gasteiger partial charge >= 0.3 is 17.9 Å². The summed E-state index contributed by atoms with van der Waals surface area (Å²) in [6.07, 6.45) is 70.4. The molecule has 422 valence electrons. The Morgan fingerprint density at radius 2 is 0.380 bits per heavy atom. The maximum atomic E-state index is 12.8. The summed E-state index contributed by atoms with van der Waals surface area (Å²) in [5, 5.41) is 0. The summed E-state index contributed by atoms with van der Waals surface area (Å²) in [6, 6.07) is 0. The van der Waals surface area contributed by atoms with E-state index in [2.05, 4.69) is 20.8 Å². The second kappa shape index (κ2) is 61.0. The normalized spacial score (nSPS) is 11.9. The zero-order valence-electron chi connectivity index (χ0n) is 48.5. The molecule has 0 heterocycles. The Morgan fingerprint density at radius 3 is 0.563 bits per heavy atom. The summed E-state index contributed by atoms with van der Waals surface area (Å²) >= 11 is 0. The van der Waals surface area contributed by atoms with Gasteiger partial charge in [-0.2, -0.15) is 0 Å². The van der Waals surface area contributed by atoms with Gasteiger partial charge in [-0.3, -0.25) is 14.4 Å². The Balaban J connectivity index is 3.82. The molecule has 0 aliphatic carbocycles. The fourth-order valence-corrected chi connectivity index (χ4v) is 10.2. The zero-order chi connectivity index (χ0) is 51.4. The van der Waals surface area contributed by atoms with Crippen LogP contribution < -0.4 is 0 Å². The van der Waals surface area contributed by atoms with E-state index in [1.54, 1.807) is 0 Å². The van der Waals surface area contributed by atoms with Gasteiger partial charge in [-0.25, -0.2) is 0 Å². The number of carbonyl (C=O) groups is 3. The van der Waals surface area contributed by atoms with E-state index in [0.29, 0.717) is 19.3 Å². The molecule has 0 amide bonds. The van der Waals surface area contributed by atoms with Gasteiger partial charge in [-0.15, -0.1) is 0 Å². The summed E-state index contributed by atoms with van der Waals surface area (Å²) in [4.78, 5) is 37.9. The lowest BCUT2D eigenvalue weighted by Crippen LogP contribution is -2.30. The van der Waals surface area contributed by atoms with Crippen molar-refractivity contribution in [2.45, 2.75) is 386 Å². The van der Waals surface area contributed by atoms with E-state index >= 15 is 0 Å². The van der Waals surface area contributed by atoms with Crippen LogP contribution in [0, 0.1) is 0 Å². The van der Waals surface area contributed by atoms with Crippen molar-refractivity contribution in [2.75, 3.05) is 13.2 Å². The molecule has 6 nitrogen and oxygen atoms in total. The molecule has 0 saturated heterocycles. The Kier molecular flexibility index (Phi) is 59.6. The van der Waals surface area contributed by atoms with Crippen LogP contribution in [0.1, 0.15) is 380 Å². The number of carbonyl (C=O) groups excluding carboxylic acids is 3. The summed E-state index contributed by atoms with van der Waals surface area (Å²) in [5.74, 6) is -0.847. The molecule has 0 aromatic carbocycles. The van der Waals surface area contributed by atoms with Crippen LogP contribution in [0.4, 0.5) is 0 Å². The molecule has 0 radical (unpaired) electrons. The molecule has 0 rings (SSSR count). The zero-order valence-corrected chi connectivity index (χ0v) is 48.5. The van der Waals surface area contributed by atoms with Crippen molar-refractivity contribution in [3.8, 4) is 0 Å². The second-order valence-electron chi connectivity index (χ2n) is 22.4. The minimum absolute atomic E-state index is 0.0624. The average molecular weight is 1000 g/mol. The van der Waals surface area contributed by atoms with Gasteiger partial charge in [0, 0.05) is 19.3 Å². The topological polar surface area (TPSA) is 78.9 Å². The fraction of sp³-hybridized carbons (Fsp3) is 0.954. The van der Waals surface area contributed by atoms with Gasteiger partial charge in [0.1, 0.15) is 13.2 Å². The second-order valence-corrected chi connectivity index (χ2v) is 22.4. The van der Waals surface area contributed by atoms with Crippen LogP contribution >= 0.6 is 0 Å². The van der Waals surface area contributed by atoms with E-state index < -0.39 is 6.10 Å². The first-order chi connectivity index (χ1) is 35.0. The highest BCUT2D eigenvalue weighted by Crippen LogP contribution is 2.19. The van der Waals surface area contributed by atoms with Crippen LogP contribution in [-0.2, 0) is 28.6 Å². The molecule has 0 aliphatic heterocycles. The summed E-state index contributed by atoms with van der Waals surface area (Å²) in [6.45, 7) is 6.64. The van der Waals surface area contributed by atoms with E-state index in [1.807, 2.05) is 0 Å². The predicted octanol–water partition coefficient (Wildman–Crippen LogP) is 21.9. The third-order valence-electron chi connectivity index (χ3n) is 15.1. The third-order valence-corrected chi connectivity index (χ3v) is 15.1. The average Bonchev–Trinajstić information content (AvgIpc) is 3.37. The minimum Gasteiger partial charge on any atom is -0.462 e. The predicted molar refractivity (Wildman–Crippen MR) is 307 cm³/mol. The molecular weight excluding hydrogens is 877 g/mol. The fourth-order valence-electron chi connectivity index (χ4n) is 10.2. The van der Waals surface area contributed by atoms with Crippen molar-refractivity contribution in [2.24, 2.45) is 0 Å². The van der Waals surface area contributed by atoms with Crippen LogP contribution in [0.25, 0.3) is 0 Å². The molecular formula is C65H126O6. The van der Waals surface area contributed by atoms with E-state index in [-0.39, 0.29) is 31.1 Å². The number of rotatable bonds is 61. The lowest BCUT2D eigenvalue weighted by molar-refractivity contribution is -0.167. The lowest BCUT2D eigenvalue weighted by Gasteiger charge is -2.18. The highest BCUT2D eigenvalue weighted by Gasteiger charge is 2.19. The quantitative estimate of drug-likeness (QED) is 0.0343. The summed E-state index contributed by atoms with van der Waals surface area (Å²) in [7, 11) is 0. The molecule has 0 fully saturated rings. The van der Waals surface area contributed by atoms with Crippen LogP contribution in [0.15, 0.2) is 0 Å². The van der Waals surface area contributed by atoms with Gasteiger partial charge in [0.15, 0.2) is 6.10 Å². The van der Waals surface area contributed by atoms with Crippen LogP contribution in [0.2, 0.25) is 0 Å². The molecule has 71 heavy (non-hydrogen) atoms. The van der Waals surface area contributed by atoms with E-state index in [1.165, 1.54) is 283 Å². The molecule has 0 aromatic heterocycles. The van der Waals surface area contributed by atoms with Crippen LogP contribution in [-0.4, -0.2) is 37.2 Å². The molecule has 1 unspecified atom stereocenters. The van der Waals surface area contributed by atoms with Crippen molar-refractivity contribution >= 4 is 17.9 Å². The summed E-state index contributed by atoms with van der Waals surface area (Å²) < 4.78 is 16.8. The molecule has 0 N–H and O–H groups in total. The highest BCUT2D eigenvalue weighted by atomic mass is 16.6. The Morgan fingerprint density at radius 1 is 0.225 bits per heavy atom.